The molecule has 0 radical (unpaired) electrons. The van der Waals surface area contributed by atoms with E-state index in [1.807, 2.05) is 84.9 Å². The van der Waals surface area contributed by atoms with E-state index >= 15 is 0 Å². The van der Waals surface area contributed by atoms with E-state index < -0.39 is 5.60 Å². The first-order valence-electron chi connectivity index (χ1n) is 7.69. The largest absolute Gasteiger partial charge is 0.497 e. The molecule has 0 aromatic heterocycles. The van der Waals surface area contributed by atoms with Crippen LogP contribution in [0.4, 0.5) is 0 Å². The van der Waals surface area contributed by atoms with Crippen molar-refractivity contribution in [2.75, 3.05) is 7.11 Å². The summed E-state index contributed by atoms with van der Waals surface area (Å²) in [5.74, 6) is 0.816. The Morgan fingerprint density at radius 1 is 0.739 bits per heavy atom. The zero-order valence-electron chi connectivity index (χ0n) is 13.1. The highest BCUT2D eigenvalue weighted by Crippen LogP contribution is 2.33. The first-order chi connectivity index (χ1) is 11.2. The van der Waals surface area contributed by atoms with Crippen LogP contribution in [0.15, 0.2) is 84.9 Å². The fraction of sp³-hybridized carbons (Fsp3) is 0.143. The second-order valence-electron chi connectivity index (χ2n) is 5.62. The summed E-state index contributed by atoms with van der Waals surface area (Å²) in [6.07, 6.45) is 0.505. The fourth-order valence-electron chi connectivity index (χ4n) is 2.84. The zero-order valence-corrected chi connectivity index (χ0v) is 13.1. The van der Waals surface area contributed by atoms with Gasteiger partial charge in [0.15, 0.2) is 0 Å². The fourth-order valence-corrected chi connectivity index (χ4v) is 2.84. The Kier molecular flexibility index (Phi) is 4.45. The monoisotopic (exact) mass is 304 g/mol. The lowest BCUT2D eigenvalue weighted by molar-refractivity contribution is 0.0811. The van der Waals surface area contributed by atoms with Crippen LogP contribution in [-0.2, 0) is 12.0 Å². The van der Waals surface area contributed by atoms with E-state index in [1.54, 1.807) is 7.11 Å². The molecule has 0 fully saturated rings. The number of hydrogen-bond acceptors (Lipinski definition) is 2. The molecule has 0 amide bonds. The predicted octanol–water partition coefficient (Wildman–Crippen LogP) is 4.17. The topological polar surface area (TPSA) is 29.5 Å². The second-order valence-corrected chi connectivity index (χ2v) is 5.62. The number of methoxy groups -OCH3 is 1. The molecule has 2 nitrogen and oxygen atoms in total. The summed E-state index contributed by atoms with van der Waals surface area (Å²) in [5.41, 5.74) is 1.78. The van der Waals surface area contributed by atoms with Crippen molar-refractivity contribution in [2.45, 2.75) is 12.0 Å². The van der Waals surface area contributed by atoms with Crippen LogP contribution in [0.2, 0.25) is 0 Å². The molecule has 0 spiro atoms. The average molecular weight is 304 g/mol. The summed E-state index contributed by atoms with van der Waals surface area (Å²) in [4.78, 5) is 0. The molecule has 23 heavy (non-hydrogen) atoms. The number of rotatable bonds is 5. The molecule has 0 atom stereocenters. The van der Waals surface area contributed by atoms with Gasteiger partial charge < -0.3 is 9.84 Å². The molecular formula is C21H20O2. The smallest absolute Gasteiger partial charge is 0.119 e. The summed E-state index contributed by atoms with van der Waals surface area (Å²) >= 11 is 0. The number of benzene rings is 3. The Hall–Kier alpha value is -2.58. The van der Waals surface area contributed by atoms with Crippen LogP contribution in [0.25, 0.3) is 0 Å². The highest BCUT2D eigenvalue weighted by Gasteiger charge is 2.31. The van der Waals surface area contributed by atoms with Crippen molar-refractivity contribution in [3.05, 3.63) is 102 Å². The lowest BCUT2D eigenvalue weighted by Crippen LogP contribution is -2.30. The van der Waals surface area contributed by atoms with Gasteiger partial charge in [0.25, 0.3) is 0 Å². The molecule has 0 saturated heterocycles. The van der Waals surface area contributed by atoms with E-state index in [4.69, 9.17) is 4.74 Å². The summed E-state index contributed by atoms with van der Waals surface area (Å²) in [7, 11) is 1.65. The van der Waals surface area contributed by atoms with Gasteiger partial charge in [-0.05, 0) is 28.8 Å². The Labute approximate surface area is 137 Å². The van der Waals surface area contributed by atoms with Gasteiger partial charge in [-0.15, -0.1) is 0 Å². The Bertz CT molecular complexity index is 694. The van der Waals surface area contributed by atoms with Crippen LogP contribution in [0.3, 0.4) is 0 Å². The van der Waals surface area contributed by atoms with Crippen LogP contribution < -0.4 is 4.74 Å². The van der Waals surface area contributed by atoms with Crippen LogP contribution in [0.5, 0.6) is 5.75 Å². The van der Waals surface area contributed by atoms with Crippen molar-refractivity contribution in [2.24, 2.45) is 0 Å². The van der Waals surface area contributed by atoms with E-state index in [1.165, 1.54) is 0 Å². The van der Waals surface area contributed by atoms with Crippen molar-refractivity contribution in [3.63, 3.8) is 0 Å². The minimum absolute atomic E-state index is 0.505. The molecule has 0 aliphatic carbocycles. The minimum atomic E-state index is -1.06. The summed E-state index contributed by atoms with van der Waals surface area (Å²) < 4.78 is 5.21. The van der Waals surface area contributed by atoms with Crippen molar-refractivity contribution in [3.8, 4) is 5.75 Å². The predicted molar refractivity (Wildman–Crippen MR) is 92.6 cm³/mol. The van der Waals surface area contributed by atoms with Gasteiger partial charge in [0.2, 0.25) is 0 Å². The summed E-state index contributed by atoms with van der Waals surface area (Å²) in [6.45, 7) is 0. The molecule has 3 aromatic carbocycles. The van der Waals surface area contributed by atoms with Gasteiger partial charge in [0, 0.05) is 6.42 Å². The molecule has 116 valence electrons. The third-order valence-electron chi connectivity index (χ3n) is 4.12. The molecule has 0 saturated carbocycles. The van der Waals surface area contributed by atoms with Gasteiger partial charge >= 0.3 is 0 Å². The molecule has 3 aromatic rings. The second kappa shape index (κ2) is 6.67. The van der Waals surface area contributed by atoms with E-state index in [0.29, 0.717) is 6.42 Å². The Morgan fingerprint density at radius 3 is 1.65 bits per heavy atom. The Balaban J connectivity index is 2.01. The quantitative estimate of drug-likeness (QED) is 0.766. The SMILES string of the molecule is COc1ccc(CC(O)(c2ccccc2)c2ccccc2)cc1. The molecule has 0 bridgehead atoms. The highest BCUT2D eigenvalue weighted by molar-refractivity contribution is 5.39. The molecule has 2 heteroatoms. The van der Waals surface area contributed by atoms with Crippen molar-refractivity contribution >= 4 is 0 Å². The number of ether oxygens (including phenoxy) is 1. The first-order valence-corrected chi connectivity index (χ1v) is 7.69. The molecule has 1 N–H and O–H groups in total. The van der Waals surface area contributed by atoms with Crippen LogP contribution in [-0.4, -0.2) is 12.2 Å². The van der Waals surface area contributed by atoms with E-state index in [9.17, 15) is 5.11 Å². The van der Waals surface area contributed by atoms with E-state index in [-0.39, 0.29) is 0 Å². The van der Waals surface area contributed by atoms with Gasteiger partial charge in [-0.25, -0.2) is 0 Å². The summed E-state index contributed by atoms with van der Waals surface area (Å²) in [6, 6.07) is 27.5. The minimum Gasteiger partial charge on any atom is -0.497 e. The lowest BCUT2D eigenvalue weighted by atomic mass is 9.81. The van der Waals surface area contributed by atoms with Crippen LogP contribution >= 0.6 is 0 Å². The van der Waals surface area contributed by atoms with Gasteiger partial charge in [-0.3, -0.25) is 0 Å². The first kappa shape index (κ1) is 15.3. The zero-order chi connectivity index (χ0) is 16.1. The maximum absolute atomic E-state index is 11.5. The van der Waals surface area contributed by atoms with Gasteiger partial charge in [0.1, 0.15) is 11.4 Å². The molecule has 3 rings (SSSR count). The average Bonchev–Trinajstić information content (AvgIpc) is 2.64. The van der Waals surface area contributed by atoms with Gasteiger partial charge in [0.05, 0.1) is 7.11 Å². The van der Waals surface area contributed by atoms with Crippen LogP contribution in [0.1, 0.15) is 16.7 Å². The van der Waals surface area contributed by atoms with Crippen molar-refractivity contribution in [1.29, 1.82) is 0 Å². The molecular weight excluding hydrogens is 284 g/mol. The Morgan fingerprint density at radius 2 is 1.22 bits per heavy atom. The van der Waals surface area contributed by atoms with E-state index in [0.717, 1.165) is 22.4 Å². The third-order valence-corrected chi connectivity index (χ3v) is 4.12. The lowest BCUT2D eigenvalue weighted by Gasteiger charge is -2.29. The van der Waals surface area contributed by atoms with Crippen molar-refractivity contribution in [1.82, 2.24) is 0 Å². The molecule has 0 unspecified atom stereocenters. The highest BCUT2D eigenvalue weighted by atomic mass is 16.5. The number of aliphatic hydroxyl groups is 1. The normalized spacial score (nSPS) is 11.2. The maximum Gasteiger partial charge on any atom is 0.119 e. The molecule has 0 aliphatic rings. The summed E-state index contributed by atoms with van der Waals surface area (Å²) in [5, 5.41) is 11.5. The van der Waals surface area contributed by atoms with Crippen LogP contribution in [0, 0.1) is 0 Å². The maximum atomic E-state index is 11.5. The number of hydrogen-bond donors (Lipinski definition) is 1. The van der Waals surface area contributed by atoms with Gasteiger partial charge in [-0.1, -0.05) is 72.8 Å². The molecule has 0 heterocycles. The van der Waals surface area contributed by atoms with E-state index in [2.05, 4.69) is 0 Å². The standard InChI is InChI=1S/C21H20O2/c1-23-20-14-12-17(13-15-20)16-21(22,18-8-4-2-5-9-18)19-10-6-3-7-11-19/h2-15,22H,16H2,1H3. The third kappa shape index (κ3) is 3.27. The van der Waals surface area contributed by atoms with Crippen molar-refractivity contribution < 1.29 is 9.84 Å². The van der Waals surface area contributed by atoms with Gasteiger partial charge in [-0.2, -0.15) is 0 Å². The molecule has 0 aliphatic heterocycles.